The van der Waals surface area contributed by atoms with Crippen LogP contribution < -0.4 is 0 Å². The molecule has 9 heteroatoms. The highest BCUT2D eigenvalue weighted by Crippen LogP contribution is 2.43. The van der Waals surface area contributed by atoms with E-state index < -0.39 is 33.8 Å². The van der Waals surface area contributed by atoms with Gasteiger partial charge >= 0.3 is 14.8 Å². The molecular weight excluding hydrogens is 697 g/mol. The van der Waals surface area contributed by atoms with Gasteiger partial charge in [0.25, 0.3) is 0 Å². The van der Waals surface area contributed by atoms with Crippen molar-refractivity contribution in [2.45, 2.75) is 245 Å². The second kappa shape index (κ2) is 30.2. The van der Waals surface area contributed by atoms with Crippen LogP contribution in [0.15, 0.2) is 12.2 Å². The van der Waals surface area contributed by atoms with Crippen molar-refractivity contribution in [3.05, 3.63) is 12.2 Å². The fraction of sp³-hybridized carbons (Fsp3) is 0.929. The lowest BCUT2D eigenvalue weighted by Crippen LogP contribution is -2.65. The third-order valence-electron chi connectivity index (χ3n) is 11.0. The second-order valence-electron chi connectivity index (χ2n) is 16.1. The number of esters is 1. The summed E-state index contributed by atoms with van der Waals surface area (Å²) in [5, 5.41) is 0. The smallest absolute Gasteiger partial charge is 0.462 e. The van der Waals surface area contributed by atoms with Crippen LogP contribution in [0.1, 0.15) is 185 Å². The van der Waals surface area contributed by atoms with E-state index in [1.807, 2.05) is 0 Å². The van der Waals surface area contributed by atoms with Crippen molar-refractivity contribution in [3.63, 3.8) is 0 Å². The fourth-order valence-electron chi connectivity index (χ4n) is 7.67. The zero-order valence-corrected chi connectivity index (χ0v) is 40.3. The van der Waals surface area contributed by atoms with Gasteiger partial charge in [0.15, 0.2) is 25.0 Å². The lowest BCUT2D eigenvalue weighted by Gasteiger charge is -2.50. The van der Waals surface area contributed by atoms with Crippen molar-refractivity contribution in [3.8, 4) is 0 Å². The van der Waals surface area contributed by atoms with Crippen LogP contribution >= 0.6 is 0 Å². The summed E-state index contributed by atoms with van der Waals surface area (Å²) in [6.45, 7) is 27.0. The SMILES string of the molecule is C=C(C)C(=O)OCC[Si](O[Si](CCCC)(CCCC)CCCC)(O[Si](CCCC)(CCCC)CCCC)O[Si](CCCC)(CCCC)CCCC. The van der Waals surface area contributed by atoms with Gasteiger partial charge in [0, 0.05) is 11.6 Å². The van der Waals surface area contributed by atoms with Gasteiger partial charge in [0.2, 0.25) is 0 Å². The van der Waals surface area contributed by atoms with Crippen LogP contribution in [-0.2, 0) is 21.9 Å². The minimum absolute atomic E-state index is 0.303. The van der Waals surface area contributed by atoms with Crippen LogP contribution in [0, 0.1) is 0 Å². The highest BCUT2D eigenvalue weighted by atomic mass is 28.5. The largest absolute Gasteiger partial charge is 0.473 e. The Morgan fingerprint density at radius 3 is 0.804 bits per heavy atom. The number of rotatable bonds is 37. The van der Waals surface area contributed by atoms with E-state index in [-0.39, 0.29) is 5.97 Å². The van der Waals surface area contributed by atoms with Crippen LogP contribution in [-0.4, -0.2) is 46.3 Å². The van der Waals surface area contributed by atoms with Crippen molar-refractivity contribution in [1.82, 2.24) is 0 Å². The molecule has 0 heterocycles. The molecule has 0 aromatic heterocycles. The molecule has 0 rings (SSSR count). The first-order valence-corrected chi connectivity index (χ1v) is 31.9. The van der Waals surface area contributed by atoms with Gasteiger partial charge in [0.1, 0.15) is 0 Å². The summed E-state index contributed by atoms with van der Waals surface area (Å²) in [6, 6.07) is 11.3. The Labute approximate surface area is 324 Å². The highest BCUT2D eigenvalue weighted by molar-refractivity contribution is 6.92. The monoisotopic (exact) mass is 787 g/mol. The maximum absolute atomic E-state index is 13.0. The Kier molecular flexibility index (Phi) is 30.2. The van der Waals surface area contributed by atoms with E-state index in [2.05, 4.69) is 68.9 Å². The minimum Gasteiger partial charge on any atom is -0.462 e. The minimum atomic E-state index is -3.38. The summed E-state index contributed by atoms with van der Waals surface area (Å²) >= 11 is 0. The summed E-state index contributed by atoms with van der Waals surface area (Å²) < 4.78 is 30.8. The summed E-state index contributed by atoms with van der Waals surface area (Å²) in [7, 11) is -10.2. The molecule has 0 unspecified atom stereocenters. The molecule has 0 aromatic rings. The first-order valence-electron chi connectivity index (χ1n) is 22.4. The average molecular weight is 788 g/mol. The quantitative estimate of drug-likeness (QED) is 0.0357. The van der Waals surface area contributed by atoms with Crippen molar-refractivity contribution < 1.29 is 21.9 Å². The van der Waals surface area contributed by atoms with Crippen LogP contribution in [0.3, 0.4) is 0 Å². The lowest BCUT2D eigenvalue weighted by molar-refractivity contribution is -0.138. The topological polar surface area (TPSA) is 54.0 Å². The van der Waals surface area contributed by atoms with E-state index in [0.29, 0.717) is 18.2 Å². The molecule has 0 spiro atoms. The maximum Gasteiger partial charge on any atom is 0.473 e. The summed E-state index contributed by atoms with van der Waals surface area (Å²) in [5.74, 6) is -0.303. The standard InChI is InChI=1S/C42H90O5Si4/c1-12-21-31-48(32-22-13-2,33-23-14-3)45-51(40-30-44-42(43)41(10)11,46-49(34-24-15-4,35-25-16-5)36-26-17-6)47-50(37-27-18-7,38-28-19-8)39-29-20-9/h10,12-40H2,1-9,11H3. The molecule has 0 aliphatic rings. The van der Waals surface area contributed by atoms with Crippen LogP contribution in [0.5, 0.6) is 0 Å². The number of ether oxygens (including phenoxy) is 1. The van der Waals surface area contributed by atoms with Crippen molar-refractivity contribution in [2.75, 3.05) is 6.61 Å². The van der Waals surface area contributed by atoms with Crippen molar-refractivity contribution >= 4 is 39.7 Å². The van der Waals surface area contributed by atoms with Gasteiger partial charge in [-0.05, 0) is 61.3 Å². The second-order valence-corrected chi connectivity index (χ2v) is 32.1. The van der Waals surface area contributed by atoms with E-state index in [1.165, 1.54) is 170 Å². The van der Waals surface area contributed by atoms with Gasteiger partial charge < -0.3 is 17.1 Å². The highest BCUT2D eigenvalue weighted by Gasteiger charge is 2.57. The molecular formula is C42H90O5Si4. The normalized spacial score (nSPS) is 12.8. The summed E-state index contributed by atoms with van der Waals surface area (Å²) in [4.78, 5) is 13.0. The molecule has 0 aromatic carbocycles. The number of hydrogen-bond acceptors (Lipinski definition) is 5. The van der Waals surface area contributed by atoms with E-state index in [4.69, 9.17) is 17.1 Å². The van der Waals surface area contributed by atoms with Crippen molar-refractivity contribution in [2.24, 2.45) is 0 Å². The van der Waals surface area contributed by atoms with Crippen LogP contribution in [0.25, 0.3) is 0 Å². The van der Waals surface area contributed by atoms with E-state index in [0.717, 1.165) is 0 Å². The van der Waals surface area contributed by atoms with Gasteiger partial charge in [-0.15, -0.1) is 0 Å². The molecule has 0 radical (unpaired) electrons. The van der Waals surface area contributed by atoms with Gasteiger partial charge in [-0.1, -0.05) is 184 Å². The summed E-state index contributed by atoms with van der Waals surface area (Å²) in [5.41, 5.74) is 0.456. The Morgan fingerprint density at radius 1 is 0.412 bits per heavy atom. The number of hydrogen-bond donors (Lipinski definition) is 0. The first-order chi connectivity index (χ1) is 24.5. The maximum atomic E-state index is 13.0. The number of carbonyl (C=O) groups is 1. The molecule has 5 nitrogen and oxygen atoms in total. The van der Waals surface area contributed by atoms with Gasteiger partial charge in [0.05, 0.1) is 6.61 Å². The molecule has 0 atom stereocenters. The number of unbranched alkanes of at least 4 members (excludes halogenated alkanes) is 9. The van der Waals surface area contributed by atoms with E-state index in [1.54, 1.807) is 6.92 Å². The molecule has 0 saturated carbocycles. The first kappa shape index (κ1) is 51.0. The third kappa shape index (κ3) is 21.0. The van der Waals surface area contributed by atoms with Crippen LogP contribution in [0.4, 0.5) is 0 Å². The van der Waals surface area contributed by atoms with Gasteiger partial charge in [-0.2, -0.15) is 0 Å². The fourth-order valence-corrected chi connectivity index (χ4v) is 33.7. The molecule has 0 aliphatic carbocycles. The van der Waals surface area contributed by atoms with E-state index >= 15 is 0 Å². The predicted octanol–water partition coefficient (Wildman–Crippen LogP) is 15.1. The zero-order chi connectivity index (χ0) is 38.5. The Morgan fingerprint density at radius 2 is 0.627 bits per heavy atom. The molecule has 51 heavy (non-hydrogen) atoms. The van der Waals surface area contributed by atoms with Crippen molar-refractivity contribution in [1.29, 1.82) is 0 Å². The van der Waals surface area contributed by atoms with Gasteiger partial charge in [-0.25, -0.2) is 4.79 Å². The number of carbonyl (C=O) groups excluding carboxylic acids is 1. The zero-order valence-electron chi connectivity index (χ0n) is 36.3. The molecule has 0 saturated heterocycles. The van der Waals surface area contributed by atoms with Crippen LogP contribution in [0.2, 0.25) is 60.4 Å². The molecule has 0 bridgehead atoms. The predicted molar refractivity (Wildman–Crippen MR) is 234 cm³/mol. The summed E-state index contributed by atoms with van der Waals surface area (Å²) in [6.07, 6.45) is 21.6. The Hall–Kier alpha value is -0.0425. The lowest BCUT2D eigenvalue weighted by atomic mass is 10.4. The van der Waals surface area contributed by atoms with Gasteiger partial charge in [-0.3, -0.25) is 0 Å². The average Bonchev–Trinajstić information content (AvgIpc) is 3.13. The molecule has 0 fully saturated rings. The van der Waals surface area contributed by atoms with E-state index in [9.17, 15) is 4.79 Å². The third-order valence-corrected chi connectivity index (χ3v) is 32.1. The Balaban J connectivity index is 8.03. The molecule has 0 amide bonds. The molecule has 0 aliphatic heterocycles. The Bertz CT molecular complexity index is 721. The molecule has 304 valence electrons. The molecule has 0 N–H and O–H groups in total.